The summed E-state index contributed by atoms with van der Waals surface area (Å²) in [4.78, 5) is 29.1. The van der Waals surface area contributed by atoms with E-state index in [1.807, 2.05) is 6.92 Å². The number of aromatic nitrogens is 3. The molecule has 2 aromatic heterocycles. The summed E-state index contributed by atoms with van der Waals surface area (Å²) in [5.41, 5.74) is 0.798. The summed E-state index contributed by atoms with van der Waals surface area (Å²) in [7, 11) is 0. The van der Waals surface area contributed by atoms with E-state index in [1.165, 1.54) is 48.8 Å². The van der Waals surface area contributed by atoms with Gasteiger partial charge in [-0.05, 0) is 37.8 Å². The minimum atomic E-state index is -0.356. The zero-order valence-corrected chi connectivity index (χ0v) is 17.9. The highest BCUT2D eigenvalue weighted by Crippen LogP contribution is 2.29. The average Bonchev–Trinajstić information content (AvgIpc) is 3.40. The Kier molecular flexibility index (Phi) is 7.50. The first-order valence-corrected chi connectivity index (χ1v) is 11.5. The molecule has 0 aliphatic heterocycles. The highest BCUT2D eigenvalue weighted by molar-refractivity contribution is 7.99. The Bertz CT molecular complexity index is 812. The molecule has 0 atom stereocenters. The quantitative estimate of drug-likeness (QED) is 0.464. The molecule has 28 heavy (non-hydrogen) atoms. The van der Waals surface area contributed by atoms with Crippen LogP contribution in [0.4, 0.5) is 5.00 Å². The maximum Gasteiger partial charge on any atom is 0.348 e. The maximum atomic E-state index is 12.2. The van der Waals surface area contributed by atoms with Crippen LogP contribution in [0.3, 0.4) is 0 Å². The summed E-state index contributed by atoms with van der Waals surface area (Å²) in [5.74, 6) is 1.42. The second kappa shape index (κ2) is 10.1. The van der Waals surface area contributed by atoms with Crippen molar-refractivity contribution in [3.05, 3.63) is 22.3 Å². The number of hydrogen-bond acceptors (Lipinski definition) is 7. The van der Waals surface area contributed by atoms with E-state index in [0.717, 1.165) is 30.1 Å². The van der Waals surface area contributed by atoms with Crippen LogP contribution in [0.2, 0.25) is 0 Å². The van der Waals surface area contributed by atoms with Crippen LogP contribution in [0.15, 0.2) is 11.2 Å². The van der Waals surface area contributed by atoms with Crippen LogP contribution in [-0.4, -0.2) is 39.4 Å². The molecule has 2 aromatic rings. The Morgan fingerprint density at radius 1 is 1.39 bits per heavy atom. The van der Waals surface area contributed by atoms with E-state index >= 15 is 0 Å². The smallest absolute Gasteiger partial charge is 0.348 e. The Labute approximate surface area is 173 Å². The third-order valence-corrected chi connectivity index (χ3v) is 6.73. The van der Waals surface area contributed by atoms with Gasteiger partial charge in [-0.2, -0.15) is 0 Å². The molecule has 2 N–H and O–H groups in total. The fourth-order valence-electron chi connectivity index (χ4n) is 3.34. The largest absolute Gasteiger partial charge is 0.462 e. The number of aryl methyl sites for hydroxylation is 2. The Morgan fingerprint density at radius 3 is 2.93 bits per heavy atom. The van der Waals surface area contributed by atoms with Gasteiger partial charge in [0.15, 0.2) is 0 Å². The number of thioether (sulfide) groups is 1. The molecule has 0 bridgehead atoms. The number of hydrogen-bond donors (Lipinski definition) is 2. The van der Waals surface area contributed by atoms with Gasteiger partial charge in [0.25, 0.3) is 0 Å². The second-order valence-corrected chi connectivity index (χ2v) is 8.93. The molecule has 0 aromatic carbocycles. The van der Waals surface area contributed by atoms with Gasteiger partial charge in [-0.25, -0.2) is 9.78 Å². The monoisotopic (exact) mass is 422 g/mol. The van der Waals surface area contributed by atoms with E-state index in [4.69, 9.17) is 4.74 Å². The first-order valence-electron chi connectivity index (χ1n) is 9.66. The number of carbonyl (C=O) groups is 2. The molecule has 9 heteroatoms. The summed E-state index contributed by atoms with van der Waals surface area (Å²) in [5, 5.41) is 11.2. The zero-order valence-electron chi connectivity index (χ0n) is 16.2. The zero-order chi connectivity index (χ0) is 19.9. The highest BCUT2D eigenvalue weighted by Gasteiger charge is 2.17. The lowest BCUT2D eigenvalue weighted by Crippen LogP contribution is -2.13. The van der Waals surface area contributed by atoms with Crippen molar-refractivity contribution in [2.75, 3.05) is 17.7 Å². The number of H-pyrrole nitrogens is 1. The summed E-state index contributed by atoms with van der Waals surface area (Å²) < 4.78 is 5.02. The van der Waals surface area contributed by atoms with Gasteiger partial charge in [-0.15, -0.1) is 16.4 Å². The average molecular weight is 423 g/mol. The second-order valence-electron chi connectivity index (χ2n) is 6.93. The van der Waals surface area contributed by atoms with Crippen LogP contribution in [0, 0.1) is 12.8 Å². The number of anilines is 1. The molecule has 152 valence electrons. The standard InChI is InChI=1S/C19H26N4O3S2/c1-3-26-18(25)17-12(2)10-16(28-17)21-15(24)11-27-19-20-14(22-23-19)9-8-13-6-4-5-7-13/h10,13H,3-9,11H2,1-2H3,(H,21,24)(H,20,22,23). The predicted octanol–water partition coefficient (Wildman–Crippen LogP) is 4.20. The minimum Gasteiger partial charge on any atom is -0.462 e. The molecule has 1 amide bonds. The SMILES string of the molecule is CCOC(=O)c1sc(NC(=O)CSc2n[nH]c(CCC3CCCC3)n2)cc1C. The first kappa shape index (κ1) is 20.9. The van der Waals surface area contributed by atoms with E-state index in [0.29, 0.717) is 21.6 Å². The number of amides is 1. The molecule has 1 aliphatic carbocycles. The van der Waals surface area contributed by atoms with Crippen LogP contribution in [-0.2, 0) is 16.0 Å². The Balaban J connectivity index is 1.44. The van der Waals surface area contributed by atoms with Gasteiger partial charge in [0.2, 0.25) is 11.1 Å². The topological polar surface area (TPSA) is 97.0 Å². The van der Waals surface area contributed by atoms with Crippen LogP contribution in [0.25, 0.3) is 0 Å². The van der Waals surface area contributed by atoms with Crippen molar-refractivity contribution in [2.45, 2.75) is 57.5 Å². The molecule has 0 unspecified atom stereocenters. The van der Waals surface area contributed by atoms with Crippen LogP contribution in [0.1, 0.15) is 60.1 Å². The molecule has 0 spiro atoms. The fourth-order valence-corrected chi connectivity index (χ4v) is 4.94. The van der Waals surface area contributed by atoms with E-state index in [1.54, 1.807) is 13.0 Å². The molecule has 0 saturated heterocycles. The number of carbonyl (C=O) groups excluding carboxylic acids is 2. The highest BCUT2D eigenvalue weighted by atomic mass is 32.2. The minimum absolute atomic E-state index is 0.154. The van der Waals surface area contributed by atoms with Crippen LogP contribution >= 0.6 is 23.1 Å². The fraction of sp³-hybridized carbons (Fsp3) is 0.579. The van der Waals surface area contributed by atoms with Crippen molar-refractivity contribution >= 4 is 40.0 Å². The van der Waals surface area contributed by atoms with Gasteiger partial charge in [0.1, 0.15) is 10.7 Å². The van der Waals surface area contributed by atoms with Crippen molar-refractivity contribution < 1.29 is 14.3 Å². The number of nitrogens with zero attached hydrogens (tertiary/aromatic N) is 2. The van der Waals surface area contributed by atoms with Gasteiger partial charge in [-0.1, -0.05) is 37.4 Å². The molecular weight excluding hydrogens is 396 g/mol. The lowest BCUT2D eigenvalue weighted by molar-refractivity contribution is -0.113. The summed E-state index contributed by atoms with van der Waals surface area (Å²) in [6, 6.07) is 1.79. The summed E-state index contributed by atoms with van der Waals surface area (Å²) in [6.45, 7) is 3.92. The lowest BCUT2D eigenvalue weighted by Gasteiger charge is -2.05. The lowest BCUT2D eigenvalue weighted by atomic mass is 10.0. The van der Waals surface area contributed by atoms with E-state index in [9.17, 15) is 9.59 Å². The molecule has 7 nitrogen and oxygen atoms in total. The maximum absolute atomic E-state index is 12.2. The van der Waals surface area contributed by atoms with Gasteiger partial charge in [0.05, 0.1) is 17.4 Å². The Hall–Kier alpha value is -1.87. The normalized spacial score (nSPS) is 14.4. The van der Waals surface area contributed by atoms with Gasteiger partial charge < -0.3 is 10.1 Å². The molecule has 1 saturated carbocycles. The van der Waals surface area contributed by atoms with Crippen LogP contribution < -0.4 is 5.32 Å². The van der Waals surface area contributed by atoms with Crippen molar-refractivity contribution in [1.82, 2.24) is 15.2 Å². The number of rotatable bonds is 9. The van der Waals surface area contributed by atoms with Gasteiger partial charge in [0, 0.05) is 6.42 Å². The van der Waals surface area contributed by atoms with Crippen molar-refractivity contribution in [2.24, 2.45) is 5.92 Å². The van der Waals surface area contributed by atoms with Crippen molar-refractivity contribution in [3.63, 3.8) is 0 Å². The summed E-state index contributed by atoms with van der Waals surface area (Å²) >= 11 is 2.53. The van der Waals surface area contributed by atoms with E-state index < -0.39 is 0 Å². The van der Waals surface area contributed by atoms with Gasteiger partial charge >= 0.3 is 5.97 Å². The molecule has 0 radical (unpaired) electrons. The number of ether oxygens (including phenoxy) is 1. The predicted molar refractivity (Wildman–Crippen MR) is 111 cm³/mol. The molecule has 1 aliphatic rings. The van der Waals surface area contributed by atoms with Crippen LogP contribution in [0.5, 0.6) is 0 Å². The first-order chi connectivity index (χ1) is 13.5. The van der Waals surface area contributed by atoms with Crippen molar-refractivity contribution in [3.8, 4) is 0 Å². The molecule has 1 fully saturated rings. The number of nitrogens with one attached hydrogen (secondary N) is 2. The van der Waals surface area contributed by atoms with E-state index in [2.05, 4.69) is 20.5 Å². The molecule has 3 rings (SSSR count). The van der Waals surface area contributed by atoms with Gasteiger partial charge in [-0.3, -0.25) is 9.89 Å². The third-order valence-electron chi connectivity index (χ3n) is 4.75. The molecule has 2 heterocycles. The molecular formula is C19H26N4O3S2. The van der Waals surface area contributed by atoms with E-state index in [-0.39, 0.29) is 17.6 Å². The summed E-state index contributed by atoms with van der Waals surface area (Å²) in [6.07, 6.45) is 7.42. The number of thiophene rings is 1. The van der Waals surface area contributed by atoms with Crippen molar-refractivity contribution in [1.29, 1.82) is 0 Å². The number of aromatic amines is 1. The third kappa shape index (κ3) is 5.81. The Morgan fingerprint density at radius 2 is 2.18 bits per heavy atom. The number of esters is 1.